The molecule has 0 bridgehead atoms. The van der Waals surface area contributed by atoms with Crippen LogP contribution in [-0.2, 0) is 11.3 Å². The van der Waals surface area contributed by atoms with Crippen LogP contribution in [0.25, 0.3) is 6.08 Å². The van der Waals surface area contributed by atoms with E-state index < -0.39 is 0 Å². The minimum absolute atomic E-state index is 0.229. The van der Waals surface area contributed by atoms with Gasteiger partial charge in [-0.2, -0.15) is 0 Å². The van der Waals surface area contributed by atoms with Gasteiger partial charge >= 0.3 is 0 Å². The first-order valence-corrected chi connectivity index (χ1v) is 10.5. The van der Waals surface area contributed by atoms with Gasteiger partial charge in [0.25, 0.3) is 11.1 Å². The van der Waals surface area contributed by atoms with Crippen LogP contribution in [0.1, 0.15) is 11.1 Å². The number of methoxy groups -OCH3 is 2. The summed E-state index contributed by atoms with van der Waals surface area (Å²) in [4.78, 5) is 26.7. The molecule has 5 nitrogen and oxygen atoms in total. The molecule has 2 amide bonds. The number of thioether (sulfide) groups is 1. The smallest absolute Gasteiger partial charge is 0.293 e. The first-order chi connectivity index (χ1) is 12.9. The molecule has 8 heteroatoms. The zero-order chi connectivity index (χ0) is 19.6. The molecule has 0 saturated carbocycles. The number of hydrogen-bond donors (Lipinski definition) is 0. The Morgan fingerprint density at radius 1 is 1.19 bits per heavy atom. The van der Waals surface area contributed by atoms with Gasteiger partial charge < -0.3 is 9.47 Å². The zero-order valence-corrected chi connectivity index (χ0v) is 19.1. The normalized spacial score (nSPS) is 15.6. The van der Waals surface area contributed by atoms with E-state index in [1.54, 1.807) is 26.4 Å². The van der Waals surface area contributed by atoms with Gasteiger partial charge in [0.2, 0.25) is 0 Å². The Morgan fingerprint density at radius 2 is 1.93 bits per heavy atom. The lowest BCUT2D eigenvalue weighted by molar-refractivity contribution is -0.123. The number of imide groups is 1. The van der Waals surface area contributed by atoms with Crippen LogP contribution < -0.4 is 9.47 Å². The second-order valence-electron chi connectivity index (χ2n) is 5.60. The molecule has 27 heavy (non-hydrogen) atoms. The highest BCUT2D eigenvalue weighted by molar-refractivity contribution is 14.1. The van der Waals surface area contributed by atoms with Crippen molar-refractivity contribution in [2.75, 3.05) is 14.2 Å². The number of hydrogen-bond acceptors (Lipinski definition) is 5. The van der Waals surface area contributed by atoms with Crippen molar-refractivity contribution in [3.63, 3.8) is 0 Å². The maximum Gasteiger partial charge on any atom is 0.293 e. The second-order valence-corrected chi connectivity index (χ2v) is 8.61. The molecule has 0 unspecified atom stereocenters. The highest BCUT2D eigenvalue weighted by atomic mass is 127. The fourth-order valence-corrected chi connectivity index (χ4v) is 4.70. The molecule has 3 rings (SSSR count). The van der Waals surface area contributed by atoms with E-state index in [9.17, 15) is 9.59 Å². The van der Waals surface area contributed by atoms with E-state index in [1.807, 2.05) is 30.3 Å². The number of amides is 2. The van der Waals surface area contributed by atoms with E-state index in [2.05, 4.69) is 38.5 Å². The Kier molecular flexibility index (Phi) is 6.48. The third-order valence-electron chi connectivity index (χ3n) is 3.91. The van der Waals surface area contributed by atoms with Crippen molar-refractivity contribution in [3.8, 4) is 11.5 Å². The summed E-state index contributed by atoms with van der Waals surface area (Å²) in [5.74, 6) is 0.908. The van der Waals surface area contributed by atoms with Gasteiger partial charge in [0.1, 0.15) is 0 Å². The Hall–Kier alpha value is -1.52. The predicted octanol–water partition coefficient (Wildman–Crippen LogP) is 5.31. The molecule has 1 aliphatic heterocycles. The average molecular weight is 560 g/mol. The summed E-state index contributed by atoms with van der Waals surface area (Å²) >= 11 is 6.54. The van der Waals surface area contributed by atoms with Gasteiger partial charge in [0, 0.05) is 4.47 Å². The average Bonchev–Trinajstić information content (AvgIpc) is 2.90. The topological polar surface area (TPSA) is 55.8 Å². The van der Waals surface area contributed by atoms with Crippen molar-refractivity contribution < 1.29 is 19.1 Å². The second kappa shape index (κ2) is 8.66. The lowest BCUT2D eigenvalue weighted by Crippen LogP contribution is -2.27. The van der Waals surface area contributed by atoms with Crippen molar-refractivity contribution in [1.29, 1.82) is 0 Å². The molecule has 1 aliphatic rings. The van der Waals surface area contributed by atoms with E-state index in [0.29, 0.717) is 16.4 Å². The number of nitrogens with zero attached hydrogens (tertiary/aromatic N) is 1. The van der Waals surface area contributed by atoms with Crippen molar-refractivity contribution in [2.45, 2.75) is 6.54 Å². The summed E-state index contributed by atoms with van der Waals surface area (Å²) in [7, 11) is 3.13. The van der Waals surface area contributed by atoms with Crippen LogP contribution >= 0.6 is 50.3 Å². The van der Waals surface area contributed by atoms with Crippen LogP contribution in [-0.4, -0.2) is 30.3 Å². The van der Waals surface area contributed by atoms with Gasteiger partial charge in [-0.1, -0.05) is 34.1 Å². The van der Waals surface area contributed by atoms with Crippen molar-refractivity contribution in [1.82, 2.24) is 4.90 Å². The number of benzene rings is 2. The van der Waals surface area contributed by atoms with Crippen LogP contribution in [0.15, 0.2) is 45.8 Å². The third-order valence-corrected chi connectivity index (χ3v) is 6.40. The van der Waals surface area contributed by atoms with Crippen LogP contribution in [0.5, 0.6) is 11.5 Å². The predicted molar refractivity (Wildman–Crippen MR) is 118 cm³/mol. The van der Waals surface area contributed by atoms with Gasteiger partial charge in [-0.25, -0.2) is 0 Å². The fourth-order valence-electron chi connectivity index (χ4n) is 2.61. The molecule has 140 valence electrons. The minimum atomic E-state index is -0.300. The molecule has 2 aromatic rings. The van der Waals surface area contributed by atoms with Gasteiger partial charge in [0.05, 0.1) is 29.2 Å². The molecule has 1 fully saturated rings. The zero-order valence-electron chi connectivity index (χ0n) is 14.5. The third kappa shape index (κ3) is 4.33. The quantitative estimate of drug-likeness (QED) is 0.367. The van der Waals surface area contributed by atoms with Gasteiger partial charge in [-0.3, -0.25) is 14.5 Å². The number of carbonyl (C=O) groups excluding carboxylic acids is 2. The molecule has 0 atom stereocenters. The first kappa shape index (κ1) is 20.2. The Labute approximate surface area is 183 Å². The van der Waals surface area contributed by atoms with Crippen molar-refractivity contribution in [3.05, 3.63) is 60.5 Å². The number of ether oxygens (including phenoxy) is 2. The molecule has 0 radical (unpaired) electrons. The van der Waals surface area contributed by atoms with E-state index in [-0.39, 0.29) is 17.7 Å². The van der Waals surface area contributed by atoms with Gasteiger partial charge in [-0.15, -0.1) is 0 Å². The van der Waals surface area contributed by atoms with E-state index in [1.165, 1.54) is 4.90 Å². The SMILES string of the molecule is COc1cc(/C=C2/SC(=O)N(Cc3ccccc3Br)C2=O)cc(I)c1OC. The van der Waals surface area contributed by atoms with E-state index in [4.69, 9.17) is 9.47 Å². The standard InChI is InChI=1S/C19H15BrINO4S/c1-25-15-8-11(7-14(21)17(15)26-2)9-16-18(23)22(19(24)27-16)10-12-5-3-4-6-13(12)20/h3-9H,10H2,1-2H3/b16-9+. The number of carbonyl (C=O) groups is 2. The maximum atomic E-state index is 12.7. The molecule has 0 aliphatic carbocycles. The van der Waals surface area contributed by atoms with Gasteiger partial charge in [0.15, 0.2) is 11.5 Å². The largest absolute Gasteiger partial charge is 0.493 e. The number of rotatable bonds is 5. The first-order valence-electron chi connectivity index (χ1n) is 7.85. The van der Waals surface area contributed by atoms with Crippen LogP contribution in [0.2, 0.25) is 0 Å². The van der Waals surface area contributed by atoms with Crippen LogP contribution in [0.3, 0.4) is 0 Å². The van der Waals surface area contributed by atoms with E-state index >= 15 is 0 Å². The summed E-state index contributed by atoms with van der Waals surface area (Å²) in [6.07, 6.45) is 1.70. The van der Waals surface area contributed by atoms with Crippen LogP contribution in [0.4, 0.5) is 4.79 Å². The minimum Gasteiger partial charge on any atom is -0.493 e. The summed E-state index contributed by atoms with van der Waals surface area (Å²) in [5, 5.41) is -0.280. The molecule has 1 saturated heterocycles. The summed E-state index contributed by atoms with van der Waals surface area (Å²) in [5.41, 5.74) is 1.64. The monoisotopic (exact) mass is 559 g/mol. The molecular weight excluding hydrogens is 545 g/mol. The Bertz CT molecular complexity index is 947. The molecule has 0 aromatic heterocycles. The number of halogens is 2. The summed E-state index contributed by atoms with van der Waals surface area (Å²) in [6.45, 7) is 0.229. The van der Waals surface area contributed by atoms with Crippen molar-refractivity contribution in [2.24, 2.45) is 0 Å². The lowest BCUT2D eigenvalue weighted by atomic mass is 10.1. The summed E-state index contributed by atoms with van der Waals surface area (Å²) < 4.78 is 12.4. The highest BCUT2D eigenvalue weighted by Crippen LogP contribution is 2.37. The molecule has 0 N–H and O–H groups in total. The van der Waals surface area contributed by atoms with Crippen LogP contribution in [0, 0.1) is 3.57 Å². The molecule has 2 aromatic carbocycles. The molecule has 1 heterocycles. The molecular formula is C19H15BrINO4S. The maximum absolute atomic E-state index is 12.7. The summed E-state index contributed by atoms with van der Waals surface area (Å²) in [6, 6.07) is 11.2. The van der Waals surface area contributed by atoms with Crippen molar-refractivity contribution >= 4 is 67.5 Å². The molecule has 0 spiro atoms. The highest BCUT2D eigenvalue weighted by Gasteiger charge is 2.35. The van der Waals surface area contributed by atoms with Gasteiger partial charge in [-0.05, 0) is 69.8 Å². The Morgan fingerprint density at radius 3 is 2.59 bits per heavy atom. The fraction of sp³-hybridized carbons (Fsp3) is 0.158. The lowest BCUT2D eigenvalue weighted by Gasteiger charge is -2.13. The van der Waals surface area contributed by atoms with E-state index in [0.717, 1.165) is 30.9 Å². The Balaban J connectivity index is 1.88.